The lowest BCUT2D eigenvalue weighted by molar-refractivity contribution is 0.533. The Morgan fingerprint density at radius 1 is 1.40 bits per heavy atom. The number of fused-ring (bicyclic) bond motifs is 1. The summed E-state index contributed by atoms with van der Waals surface area (Å²) in [6.07, 6.45) is 3.35. The summed E-state index contributed by atoms with van der Waals surface area (Å²) in [5.41, 5.74) is 8.62. The Morgan fingerprint density at radius 3 is 3.00 bits per heavy atom. The van der Waals surface area contributed by atoms with Crippen LogP contribution < -0.4 is 5.73 Å². The van der Waals surface area contributed by atoms with Crippen LogP contribution in [-0.4, -0.2) is 11.5 Å². The van der Waals surface area contributed by atoms with E-state index in [4.69, 9.17) is 10.2 Å². The van der Waals surface area contributed by atoms with E-state index in [2.05, 4.69) is 17.1 Å². The predicted molar refractivity (Wildman–Crippen MR) is 58.7 cm³/mol. The van der Waals surface area contributed by atoms with Crippen LogP contribution in [0.25, 0.3) is 11.1 Å². The molecule has 1 saturated carbocycles. The van der Waals surface area contributed by atoms with E-state index in [1.807, 2.05) is 6.07 Å². The summed E-state index contributed by atoms with van der Waals surface area (Å²) in [7, 11) is 0. The molecule has 15 heavy (non-hydrogen) atoms. The van der Waals surface area contributed by atoms with Gasteiger partial charge in [0.15, 0.2) is 11.5 Å². The average Bonchev–Trinajstić information content (AvgIpc) is 2.99. The summed E-state index contributed by atoms with van der Waals surface area (Å²) in [5, 5.41) is 0. The van der Waals surface area contributed by atoms with Crippen molar-refractivity contribution in [1.82, 2.24) is 4.98 Å². The number of nitrogens with zero attached hydrogens (tertiary/aromatic N) is 1. The first-order valence-corrected chi connectivity index (χ1v) is 5.46. The summed E-state index contributed by atoms with van der Waals surface area (Å²) in [5.74, 6) is 1.49. The number of hydrogen-bond acceptors (Lipinski definition) is 3. The zero-order chi connectivity index (χ0) is 10.3. The van der Waals surface area contributed by atoms with Crippen LogP contribution >= 0.6 is 0 Å². The molecule has 0 radical (unpaired) electrons. The molecule has 0 amide bonds. The Bertz CT molecular complexity index is 485. The molecular weight excluding hydrogens is 188 g/mol. The van der Waals surface area contributed by atoms with Crippen molar-refractivity contribution in [2.75, 3.05) is 6.54 Å². The van der Waals surface area contributed by atoms with Gasteiger partial charge in [0.1, 0.15) is 5.52 Å². The molecule has 2 aromatic rings. The fraction of sp³-hybridized carbons (Fsp3) is 0.417. The molecule has 78 valence electrons. The third-order valence-electron chi connectivity index (χ3n) is 2.83. The number of nitrogens with two attached hydrogens (primary N) is 1. The van der Waals surface area contributed by atoms with E-state index >= 15 is 0 Å². The second-order valence-electron chi connectivity index (χ2n) is 4.17. The Labute approximate surface area is 88.3 Å². The summed E-state index contributed by atoms with van der Waals surface area (Å²) >= 11 is 0. The average molecular weight is 202 g/mol. The minimum Gasteiger partial charge on any atom is -0.440 e. The van der Waals surface area contributed by atoms with Gasteiger partial charge in [-0.15, -0.1) is 0 Å². The normalized spacial score (nSPS) is 16.1. The topological polar surface area (TPSA) is 52.0 Å². The number of benzene rings is 1. The van der Waals surface area contributed by atoms with E-state index in [0.29, 0.717) is 12.5 Å². The number of oxazole rings is 1. The van der Waals surface area contributed by atoms with E-state index in [9.17, 15) is 0 Å². The molecule has 1 aliphatic rings. The van der Waals surface area contributed by atoms with Gasteiger partial charge in [0, 0.05) is 5.92 Å². The van der Waals surface area contributed by atoms with Crippen LogP contribution in [0, 0.1) is 0 Å². The highest BCUT2D eigenvalue weighted by molar-refractivity contribution is 5.73. The predicted octanol–water partition coefficient (Wildman–Crippen LogP) is 2.21. The van der Waals surface area contributed by atoms with E-state index in [1.165, 1.54) is 18.4 Å². The van der Waals surface area contributed by atoms with Gasteiger partial charge in [0.25, 0.3) is 0 Å². The number of rotatable bonds is 3. The summed E-state index contributed by atoms with van der Waals surface area (Å²) in [6, 6.07) is 6.16. The molecular formula is C12H14N2O. The Hall–Kier alpha value is -1.35. The highest BCUT2D eigenvalue weighted by atomic mass is 16.3. The van der Waals surface area contributed by atoms with Crippen LogP contribution in [-0.2, 0) is 6.42 Å². The highest BCUT2D eigenvalue weighted by Gasteiger charge is 2.28. The second kappa shape index (κ2) is 3.35. The minimum absolute atomic E-state index is 0.579. The smallest absolute Gasteiger partial charge is 0.198 e. The van der Waals surface area contributed by atoms with Crippen LogP contribution in [0.4, 0.5) is 0 Å². The Balaban J connectivity index is 2.02. The number of hydrogen-bond donors (Lipinski definition) is 1. The lowest BCUT2D eigenvalue weighted by Gasteiger charge is -1.95. The van der Waals surface area contributed by atoms with Crippen molar-refractivity contribution in [3.63, 3.8) is 0 Å². The van der Waals surface area contributed by atoms with Gasteiger partial charge >= 0.3 is 0 Å². The van der Waals surface area contributed by atoms with Gasteiger partial charge in [-0.1, -0.05) is 6.07 Å². The monoisotopic (exact) mass is 202 g/mol. The maximum absolute atomic E-state index is 5.73. The van der Waals surface area contributed by atoms with Gasteiger partial charge in [0.2, 0.25) is 0 Å². The maximum atomic E-state index is 5.73. The third kappa shape index (κ3) is 1.63. The van der Waals surface area contributed by atoms with Crippen molar-refractivity contribution in [2.24, 2.45) is 5.73 Å². The van der Waals surface area contributed by atoms with Gasteiger partial charge in [-0.2, -0.15) is 0 Å². The van der Waals surface area contributed by atoms with Crippen molar-refractivity contribution < 1.29 is 4.42 Å². The fourth-order valence-corrected chi connectivity index (χ4v) is 1.81. The molecule has 1 aromatic carbocycles. The zero-order valence-corrected chi connectivity index (χ0v) is 8.57. The molecule has 0 saturated heterocycles. The molecule has 1 heterocycles. The lowest BCUT2D eigenvalue weighted by atomic mass is 10.1. The largest absolute Gasteiger partial charge is 0.440 e. The minimum atomic E-state index is 0.579. The van der Waals surface area contributed by atoms with Gasteiger partial charge in [-0.3, -0.25) is 0 Å². The van der Waals surface area contributed by atoms with E-state index in [-0.39, 0.29) is 0 Å². The van der Waals surface area contributed by atoms with Gasteiger partial charge in [0.05, 0.1) is 0 Å². The molecule has 1 aromatic heterocycles. The van der Waals surface area contributed by atoms with E-state index in [1.54, 1.807) is 0 Å². The second-order valence-corrected chi connectivity index (χ2v) is 4.17. The first-order chi connectivity index (χ1) is 7.36. The van der Waals surface area contributed by atoms with Crippen molar-refractivity contribution in [3.05, 3.63) is 29.7 Å². The maximum Gasteiger partial charge on any atom is 0.198 e. The van der Waals surface area contributed by atoms with Crippen LogP contribution in [0.15, 0.2) is 22.6 Å². The van der Waals surface area contributed by atoms with Crippen LogP contribution in [0.1, 0.15) is 30.2 Å². The molecule has 3 rings (SSSR count). The Morgan fingerprint density at radius 2 is 2.27 bits per heavy atom. The van der Waals surface area contributed by atoms with Gasteiger partial charge in [-0.05, 0) is 43.5 Å². The highest BCUT2D eigenvalue weighted by Crippen LogP contribution is 2.40. The van der Waals surface area contributed by atoms with Crippen molar-refractivity contribution in [3.8, 4) is 0 Å². The molecule has 0 aliphatic heterocycles. The molecule has 0 spiro atoms. The SMILES string of the molecule is NCCc1ccc2nc(C3CC3)oc2c1. The van der Waals surface area contributed by atoms with Crippen molar-refractivity contribution in [1.29, 1.82) is 0 Å². The van der Waals surface area contributed by atoms with E-state index < -0.39 is 0 Å². The summed E-state index contributed by atoms with van der Waals surface area (Å²) in [6.45, 7) is 0.676. The van der Waals surface area contributed by atoms with Gasteiger partial charge in [-0.25, -0.2) is 4.98 Å². The first kappa shape index (κ1) is 8.92. The van der Waals surface area contributed by atoms with E-state index in [0.717, 1.165) is 23.4 Å². The molecule has 1 fully saturated rings. The third-order valence-corrected chi connectivity index (χ3v) is 2.83. The zero-order valence-electron chi connectivity index (χ0n) is 8.57. The van der Waals surface area contributed by atoms with Crippen LogP contribution in [0.3, 0.4) is 0 Å². The Kier molecular flexibility index (Phi) is 1.99. The lowest BCUT2D eigenvalue weighted by Crippen LogP contribution is -2.02. The quantitative estimate of drug-likeness (QED) is 0.830. The van der Waals surface area contributed by atoms with Crippen LogP contribution in [0.5, 0.6) is 0 Å². The first-order valence-electron chi connectivity index (χ1n) is 5.46. The van der Waals surface area contributed by atoms with Gasteiger partial charge < -0.3 is 10.2 Å². The molecule has 0 unspecified atom stereocenters. The van der Waals surface area contributed by atoms with Crippen molar-refractivity contribution >= 4 is 11.1 Å². The molecule has 3 nitrogen and oxygen atoms in total. The standard InChI is InChI=1S/C12H14N2O/c13-6-5-8-1-4-10-11(7-8)15-12(14-10)9-2-3-9/h1,4,7,9H,2-3,5-6,13H2. The molecule has 0 atom stereocenters. The molecule has 0 bridgehead atoms. The molecule has 3 heteroatoms. The van der Waals surface area contributed by atoms with Crippen LogP contribution in [0.2, 0.25) is 0 Å². The van der Waals surface area contributed by atoms with Crippen molar-refractivity contribution in [2.45, 2.75) is 25.2 Å². The summed E-state index contributed by atoms with van der Waals surface area (Å²) < 4.78 is 5.73. The number of aromatic nitrogens is 1. The molecule has 1 aliphatic carbocycles. The molecule has 2 N–H and O–H groups in total. The summed E-state index contributed by atoms with van der Waals surface area (Å²) in [4.78, 5) is 4.48. The fourth-order valence-electron chi connectivity index (χ4n) is 1.81.